The predicted molar refractivity (Wildman–Crippen MR) is 134 cm³/mol. The van der Waals surface area contributed by atoms with Crippen LogP contribution >= 0.6 is 0 Å². The van der Waals surface area contributed by atoms with Crippen molar-refractivity contribution in [1.29, 1.82) is 5.26 Å². The lowest BCUT2D eigenvalue weighted by molar-refractivity contribution is 1.18. The average molecular weight is 422 g/mol. The van der Waals surface area contributed by atoms with E-state index in [-0.39, 0.29) is 0 Å². The Morgan fingerprint density at radius 2 is 1.30 bits per heavy atom. The lowest BCUT2D eigenvalue weighted by Gasteiger charge is -2.14. The van der Waals surface area contributed by atoms with Gasteiger partial charge in [0.1, 0.15) is 6.07 Å². The molecule has 0 N–H and O–H groups in total. The third-order valence-electron chi connectivity index (χ3n) is 6.09. The van der Waals surface area contributed by atoms with Crippen molar-refractivity contribution in [2.75, 3.05) is 0 Å². The van der Waals surface area contributed by atoms with Gasteiger partial charge in [-0.3, -0.25) is 4.98 Å². The van der Waals surface area contributed by atoms with Crippen LogP contribution in [0.2, 0.25) is 0 Å². The standard InChI is InChI=1S/C30H19N3/c31-19-21-16-17-27(32-20-21)23-9-7-8-22(18-23)24-10-1-4-13-28(24)33-29-14-5-2-11-25(29)26-12-3-6-15-30(26)33/h1-18,20H. The number of aromatic nitrogens is 2. The Bertz CT molecular complexity index is 1610. The van der Waals surface area contributed by atoms with Crippen LogP contribution in [-0.4, -0.2) is 9.55 Å². The first-order valence-corrected chi connectivity index (χ1v) is 10.9. The van der Waals surface area contributed by atoms with E-state index in [0.717, 1.165) is 28.1 Å². The van der Waals surface area contributed by atoms with Crippen LogP contribution in [0.5, 0.6) is 0 Å². The number of nitrogens with zero attached hydrogens (tertiary/aromatic N) is 3. The summed E-state index contributed by atoms with van der Waals surface area (Å²) in [6.07, 6.45) is 1.62. The average Bonchev–Trinajstić information content (AvgIpc) is 3.23. The Morgan fingerprint density at radius 3 is 2.00 bits per heavy atom. The van der Waals surface area contributed by atoms with Gasteiger partial charge in [-0.15, -0.1) is 0 Å². The molecule has 0 saturated heterocycles. The van der Waals surface area contributed by atoms with Crippen molar-refractivity contribution in [1.82, 2.24) is 9.55 Å². The summed E-state index contributed by atoms with van der Waals surface area (Å²) in [7, 11) is 0. The summed E-state index contributed by atoms with van der Waals surface area (Å²) in [6.45, 7) is 0. The van der Waals surface area contributed by atoms with E-state index < -0.39 is 0 Å². The highest BCUT2D eigenvalue weighted by atomic mass is 15.0. The van der Waals surface area contributed by atoms with Gasteiger partial charge in [0, 0.05) is 28.1 Å². The van der Waals surface area contributed by atoms with Gasteiger partial charge in [0.2, 0.25) is 0 Å². The molecule has 154 valence electrons. The van der Waals surface area contributed by atoms with Crippen molar-refractivity contribution in [3.8, 4) is 34.1 Å². The van der Waals surface area contributed by atoms with Crippen LogP contribution in [-0.2, 0) is 0 Å². The van der Waals surface area contributed by atoms with Crippen molar-refractivity contribution >= 4 is 21.8 Å². The van der Waals surface area contributed by atoms with Gasteiger partial charge in [-0.05, 0) is 42.0 Å². The quantitative estimate of drug-likeness (QED) is 0.299. The monoisotopic (exact) mass is 421 g/mol. The largest absolute Gasteiger partial charge is 0.309 e. The van der Waals surface area contributed by atoms with Crippen molar-refractivity contribution in [2.45, 2.75) is 0 Å². The summed E-state index contributed by atoms with van der Waals surface area (Å²) >= 11 is 0. The van der Waals surface area contributed by atoms with Crippen LogP contribution in [0.25, 0.3) is 49.9 Å². The van der Waals surface area contributed by atoms with Gasteiger partial charge in [0.05, 0.1) is 28.0 Å². The molecule has 2 heterocycles. The maximum atomic E-state index is 9.07. The molecule has 4 aromatic carbocycles. The van der Waals surface area contributed by atoms with Crippen molar-refractivity contribution < 1.29 is 0 Å². The fourth-order valence-corrected chi connectivity index (χ4v) is 4.57. The lowest BCUT2D eigenvalue weighted by Crippen LogP contribution is -1.97. The van der Waals surface area contributed by atoms with Crippen molar-refractivity contribution in [3.05, 3.63) is 121 Å². The maximum Gasteiger partial charge on any atom is 0.101 e. The molecule has 6 rings (SSSR count). The fraction of sp³-hybridized carbons (Fsp3) is 0. The Hall–Kier alpha value is -4.68. The van der Waals surface area contributed by atoms with E-state index in [1.54, 1.807) is 12.3 Å². The molecule has 0 amide bonds. The van der Waals surface area contributed by atoms with Gasteiger partial charge in [0.15, 0.2) is 0 Å². The zero-order chi connectivity index (χ0) is 22.2. The number of fused-ring (bicyclic) bond motifs is 3. The molecular weight excluding hydrogens is 402 g/mol. The van der Waals surface area contributed by atoms with E-state index >= 15 is 0 Å². The van der Waals surface area contributed by atoms with Crippen LogP contribution in [0.3, 0.4) is 0 Å². The highest BCUT2D eigenvalue weighted by molar-refractivity contribution is 6.09. The highest BCUT2D eigenvalue weighted by Gasteiger charge is 2.15. The summed E-state index contributed by atoms with van der Waals surface area (Å²) in [5.74, 6) is 0. The minimum Gasteiger partial charge on any atom is -0.309 e. The molecule has 0 fully saturated rings. The SMILES string of the molecule is N#Cc1ccc(-c2cccc(-c3ccccc3-n3c4ccccc4c4ccccc43)c2)nc1. The number of nitriles is 1. The van der Waals surface area contributed by atoms with Crippen LogP contribution in [0.4, 0.5) is 0 Å². The first kappa shape index (κ1) is 19.0. The molecule has 0 aliphatic rings. The number of para-hydroxylation sites is 3. The molecule has 3 heteroatoms. The summed E-state index contributed by atoms with van der Waals surface area (Å²) < 4.78 is 2.35. The van der Waals surface area contributed by atoms with Gasteiger partial charge in [-0.2, -0.15) is 5.26 Å². The Balaban J connectivity index is 1.57. The molecular formula is C30H19N3. The van der Waals surface area contributed by atoms with E-state index in [1.165, 1.54) is 21.8 Å². The lowest BCUT2D eigenvalue weighted by atomic mass is 9.99. The van der Waals surface area contributed by atoms with Crippen LogP contribution in [0, 0.1) is 11.3 Å². The zero-order valence-corrected chi connectivity index (χ0v) is 17.8. The van der Waals surface area contributed by atoms with Crippen molar-refractivity contribution in [3.63, 3.8) is 0 Å². The molecule has 2 aromatic heterocycles. The highest BCUT2D eigenvalue weighted by Crippen LogP contribution is 2.36. The van der Waals surface area contributed by atoms with Gasteiger partial charge >= 0.3 is 0 Å². The number of benzene rings is 4. The second kappa shape index (κ2) is 7.78. The topological polar surface area (TPSA) is 41.6 Å². The molecule has 0 radical (unpaired) electrons. The van der Waals surface area contributed by atoms with E-state index in [1.807, 2.05) is 6.07 Å². The Morgan fingerprint density at radius 1 is 0.636 bits per heavy atom. The van der Waals surface area contributed by atoms with Gasteiger partial charge in [-0.25, -0.2) is 0 Å². The summed E-state index contributed by atoms with van der Waals surface area (Å²) in [5.41, 5.74) is 8.23. The molecule has 0 aliphatic heterocycles. The molecule has 0 saturated carbocycles. The molecule has 0 unspecified atom stereocenters. The minimum atomic E-state index is 0.562. The number of hydrogen-bond donors (Lipinski definition) is 0. The van der Waals surface area contributed by atoms with Gasteiger partial charge < -0.3 is 4.57 Å². The zero-order valence-electron chi connectivity index (χ0n) is 17.8. The molecule has 33 heavy (non-hydrogen) atoms. The maximum absolute atomic E-state index is 9.07. The molecule has 0 atom stereocenters. The third-order valence-corrected chi connectivity index (χ3v) is 6.09. The first-order valence-electron chi connectivity index (χ1n) is 10.9. The van der Waals surface area contributed by atoms with Gasteiger partial charge in [0.25, 0.3) is 0 Å². The number of hydrogen-bond acceptors (Lipinski definition) is 2. The Labute approximate surface area is 191 Å². The second-order valence-corrected chi connectivity index (χ2v) is 8.01. The fourth-order valence-electron chi connectivity index (χ4n) is 4.57. The van der Waals surface area contributed by atoms with E-state index in [9.17, 15) is 0 Å². The van der Waals surface area contributed by atoms with Crippen LogP contribution in [0.1, 0.15) is 5.56 Å². The van der Waals surface area contributed by atoms with E-state index in [4.69, 9.17) is 5.26 Å². The minimum absolute atomic E-state index is 0.562. The summed E-state index contributed by atoms with van der Waals surface area (Å²) in [6, 6.07) is 39.9. The number of rotatable bonds is 3. The smallest absolute Gasteiger partial charge is 0.101 e. The Kier molecular flexibility index (Phi) is 4.49. The molecule has 3 nitrogen and oxygen atoms in total. The third kappa shape index (κ3) is 3.17. The van der Waals surface area contributed by atoms with Crippen LogP contribution < -0.4 is 0 Å². The van der Waals surface area contributed by atoms with Gasteiger partial charge in [-0.1, -0.05) is 72.8 Å². The molecule has 0 bridgehead atoms. The number of pyridine rings is 1. The van der Waals surface area contributed by atoms with E-state index in [0.29, 0.717) is 5.56 Å². The normalized spacial score (nSPS) is 11.0. The second-order valence-electron chi connectivity index (χ2n) is 8.01. The first-order chi connectivity index (χ1) is 16.3. The summed E-state index contributed by atoms with van der Waals surface area (Å²) in [5, 5.41) is 11.6. The summed E-state index contributed by atoms with van der Waals surface area (Å²) in [4.78, 5) is 4.48. The molecule has 6 aromatic rings. The van der Waals surface area contributed by atoms with Crippen molar-refractivity contribution in [2.24, 2.45) is 0 Å². The predicted octanol–water partition coefficient (Wildman–Crippen LogP) is 7.38. The molecule has 0 aliphatic carbocycles. The molecule has 0 spiro atoms. The van der Waals surface area contributed by atoms with E-state index in [2.05, 4.69) is 113 Å². The van der Waals surface area contributed by atoms with Crippen LogP contribution in [0.15, 0.2) is 115 Å².